The lowest BCUT2D eigenvalue weighted by molar-refractivity contribution is 0.142. The van der Waals surface area contributed by atoms with E-state index in [9.17, 15) is 5.11 Å². The Kier molecular flexibility index (Phi) is 3.35. The Morgan fingerprint density at radius 1 is 1.15 bits per heavy atom. The molecule has 2 aromatic rings. The number of aliphatic hydroxyl groups is 1. The Balaban J connectivity index is 1.98. The molecule has 0 amide bonds. The van der Waals surface area contributed by atoms with Crippen LogP contribution in [0.5, 0.6) is 0 Å². The van der Waals surface area contributed by atoms with Crippen molar-refractivity contribution in [1.82, 2.24) is 4.98 Å². The standard InChI is InChI=1S/C18H21NO/c1-11-9-13(3)16(10-12(11)2)18(20)15-7-6-14-5-4-8-19-17(14)15/h4-5,8-10,15,18,20H,6-7H2,1-3H3. The molecule has 104 valence electrons. The van der Waals surface area contributed by atoms with Crippen molar-refractivity contribution in [3.05, 3.63) is 64.0 Å². The minimum Gasteiger partial charge on any atom is -0.388 e. The first-order chi connectivity index (χ1) is 9.58. The highest BCUT2D eigenvalue weighted by molar-refractivity contribution is 5.40. The fourth-order valence-corrected chi connectivity index (χ4v) is 3.27. The van der Waals surface area contributed by atoms with E-state index >= 15 is 0 Å². The summed E-state index contributed by atoms with van der Waals surface area (Å²) in [4.78, 5) is 4.50. The molecule has 1 aromatic carbocycles. The quantitative estimate of drug-likeness (QED) is 0.898. The van der Waals surface area contributed by atoms with Crippen LogP contribution in [0, 0.1) is 20.8 Å². The summed E-state index contributed by atoms with van der Waals surface area (Å²) in [6.45, 7) is 6.30. The zero-order valence-electron chi connectivity index (χ0n) is 12.4. The molecule has 0 fully saturated rings. The lowest BCUT2D eigenvalue weighted by Crippen LogP contribution is -2.11. The summed E-state index contributed by atoms with van der Waals surface area (Å²) >= 11 is 0. The molecule has 1 aromatic heterocycles. The lowest BCUT2D eigenvalue weighted by atomic mass is 9.89. The molecule has 0 saturated heterocycles. The second kappa shape index (κ2) is 5.02. The van der Waals surface area contributed by atoms with Crippen LogP contribution in [0.1, 0.15) is 52.0 Å². The van der Waals surface area contributed by atoms with E-state index in [1.54, 1.807) is 0 Å². The second-order valence-electron chi connectivity index (χ2n) is 5.93. The fraction of sp³-hybridized carbons (Fsp3) is 0.389. The van der Waals surface area contributed by atoms with Gasteiger partial charge in [-0.15, -0.1) is 0 Å². The van der Waals surface area contributed by atoms with Gasteiger partial charge in [0.15, 0.2) is 0 Å². The van der Waals surface area contributed by atoms with Crippen LogP contribution in [0.25, 0.3) is 0 Å². The van der Waals surface area contributed by atoms with Crippen molar-refractivity contribution in [2.75, 3.05) is 0 Å². The Labute approximate surface area is 120 Å². The first-order valence-electron chi connectivity index (χ1n) is 7.27. The number of fused-ring (bicyclic) bond motifs is 1. The van der Waals surface area contributed by atoms with Crippen molar-refractivity contribution >= 4 is 0 Å². The number of aliphatic hydroxyl groups excluding tert-OH is 1. The predicted molar refractivity (Wildman–Crippen MR) is 80.9 cm³/mol. The van der Waals surface area contributed by atoms with Crippen LogP contribution in [0.2, 0.25) is 0 Å². The van der Waals surface area contributed by atoms with Crippen molar-refractivity contribution in [2.24, 2.45) is 0 Å². The average molecular weight is 267 g/mol. The van der Waals surface area contributed by atoms with Gasteiger partial charge in [-0.25, -0.2) is 0 Å². The molecule has 2 heteroatoms. The molecule has 1 heterocycles. The third-order valence-corrected chi connectivity index (χ3v) is 4.58. The van der Waals surface area contributed by atoms with E-state index in [0.717, 1.165) is 24.1 Å². The molecule has 2 atom stereocenters. The van der Waals surface area contributed by atoms with Gasteiger partial charge in [0.2, 0.25) is 0 Å². The second-order valence-corrected chi connectivity index (χ2v) is 5.93. The van der Waals surface area contributed by atoms with Crippen molar-refractivity contribution in [1.29, 1.82) is 0 Å². The Hall–Kier alpha value is -1.67. The van der Waals surface area contributed by atoms with Crippen LogP contribution in [0.3, 0.4) is 0 Å². The summed E-state index contributed by atoms with van der Waals surface area (Å²) in [5.74, 6) is 0.131. The fourth-order valence-electron chi connectivity index (χ4n) is 3.27. The molecule has 3 rings (SSSR count). The van der Waals surface area contributed by atoms with Gasteiger partial charge in [0, 0.05) is 17.8 Å². The highest BCUT2D eigenvalue weighted by atomic mass is 16.3. The van der Waals surface area contributed by atoms with Gasteiger partial charge in [0.1, 0.15) is 0 Å². The minimum absolute atomic E-state index is 0.131. The lowest BCUT2D eigenvalue weighted by Gasteiger charge is -2.21. The first-order valence-corrected chi connectivity index (χ1v) is 7.27. The molecule has 1 aliphatic carbocycles. The predicted octanol–water partition coefficient (Wildman–Crippen LogP) is 3.77. The summed E-state index contributed by atoms with van der Waals surface area (Å²) in [7, 11) is 0. The number of pyridine rings is 1. The molecule has 2 unspecified atom stereocenters. The molecule has 2 nitrogen and oxygen atoms in total. The molecular formula is C18H21NO. The van der Waals surface area contributed by atoms with Crippen LogP contribution in [-0.2, 0) is 6.42 Å². The van der Waals surface area contributed by atoms with Crippen molar-refractivity contribution in [3.63, 3.8) is 0 Å². The minimum atomic E-state index is -0.453. The number of nitrogens with zero attached hydrogens (tertiary/aromatic N) is 1. The van der Waals surface area contributed by atoms with Crippen LogP contribution < -0.4 is 0 Å². The van der Waals surface area contributed by atoms with Crippen molar-refractivity contribution in [3.8, 4) is 0 Å². The van der Waals surface area contributed by atoms with Gasteiger partial charge in [0.25, 0.3) is 0 Å². The third kappa shape index (κ3) is 2.14. The molecule has 0 aliphatic heterocycles. The summed E-state index contributed by atoms with van der Waals surface area (Å²) in [5.41, 5.74) is 7.12. The molecule has 1 N–H and O–H groups in total. The SMILES string of the molecule is Cc1cc(C)c(C(O)C2CCc3cccnc32)cc1C. The van der Waals surface area contributed by atoms with Crippen LogP contribution in [0.4, 0.5) is 0 Å². The van der Waals surface area contributed by atoms with Crippen molar-refractivity contribution in [2.45, 2.75) is 45.6 Å². The zero-order chi connectivity index (χ0) is 14.3. The molecule has 1 aliphatic rings. The highest BCUT2D eigenvalue weighted by Crippen LogP contribution is 2.41. The summed E-state index contributed by atoms with van der Waals surface area (Å²) in [6.07, 6.45) is 3.39. The topological polar surface area (TPSA) is 33.1 Å². The van der Waals surface area contributed by atoms with E-state index in [-0.39, 0.29) is 5.92 Å². The smallest absolute Gasteiger partial charge is 0.0876 e. The van der Waals surface area contributed by atoms with Gasteiger partial charge in [-0.3, -0.25) is 4.98 Å². The van der Waals surface area contributed by atoms with Gasteiger partial charge in [-0.2, -0.15) is 0 Å². The number of benzene rings is 1. The van der Waals surface area contributed by atoms with E-state index in [4.69, 9.17) is 0 Å². The highest BCUT2D eigenvalue weighted by Gasteiger charge is 2.31. The normalized spacial score (nSPS) is 18.9. The maximum absolute atomic E-state index is 10.8. The Bertz CT molecular complexity index is 648. The third-order valence-electron chi connectivity index (χ3n) is 4.58. The Morgan fingerprint density at radius 2 is 1.90 bits per heavy atom. The van der Waals surface area contributed by atoms with Crippen LogP contribution in [0.15, 0.2) is 30.5 Å². The van der Waals surface area contributed by atoms with Crippen LogP contribution >= 0.6 is 0 Å². The van der Waals surface area contributed by atoms with E-state index in [2.05, 4.69) is 44.0 Å². The number of hydrogen-bond acceptors (Lipinski definition) is 2. The van der Waals surface area contributed by atoms with Gasteiger partial charge in [-0.05, 0) is 67.5 Å². The molecule has 0 radical (unpaired) electrons. The first kappa shape index (κ1) is 13.3. The number of rotatable bonds is 2. The maximum Gasteiger partial charge on any atom is 0.0876 e. The van der Waals surface area contributed by atoms with E-state index in [0.29, 0.717) is 0 Å². The van der Waals surface area contributed by atoms with Crippen LogP contribution in [-0.4, -0.2) is 10.1 Å². The average Bonchev–Trinajstić information content (AvgIpc) is 2.86. The Morgan fingerprint density at radius 3 is 2.70 bits per heavy atom. The summed E-state index contributed by atoms with van der Waals surface area (Å²) in [5, 5.41) is 10.8. The maximum atomic E-state index is 10.8. The molecule has 0 spiro atoms. The molecule has 0 saturated carbocycles. The van der Waals surface area contributed by atoms with Gasteiger partial charge >= 0.3 is 0 Å². The number of hydrogen-bond donors (Lipinski definition) is 1. The van der Waals surface area contributed by atoms with Gasteiger partial charge < -0.3 is 5.11 Å². The zero-order valence-corrected chi connectivity index (χ0v) is 12.4. The number of aromatic nitrogens is 1. The molecule has 0 bridgehead atoms. The molecular weight excluding hydrogens is 246 g/mol. The van der Waals surface area contributed by atoms with Crippen molar-refractivity contribution < 1.29 is 5.11 Å². The van der Waals surface area contributed by atoms with Gasteiger partial charge in [0.05, 0.1) is 6.10 Å². The van der Waals surface area contributed by atoms with E-state index in [1.807, 2.05) is 12.3 Å². The summed E-state index contributed by atoms with van der Waals surface area (Å²) in [6, 6.07) is 8.41. The molecule has 20 heavy (non-hydrogen) atoms. The van der Waals surface area contributed by atoms with E-state index in [1.165, 1.54) is 22.3 Å². The van der Waals surface area contributed by atoms with Gasteiger partial charge in [-0.1, -0.05) is 18.2 Å². The van der Waals surface area contributed by atoms with E-state index < -0.39 is 6.10 Å². The number of aryl methyl sites for hydroxylation is 4. The summed E-state index contributed by atoms with van der Waals surface area (Å²) < 4.78 is 0. The monoisotopic (exact) mass is 267 g/mol. The largest absolute Gasteiger partial charge is 0.388 e.